The van der Waals surface area contributed by atoms with Gasteiger partial charge in [0, 0.05) is 30.5 Å². The summed E-state index contributed by atoms with van der Waals surface area (Å²) in [7, 11) is 2.15. The largest absolute Gasteiger partial charge is 0.494 e. The van der Waals surface area contributed by atoms with Crippen molar-refractivity contribution in [3.8, 4) is 5.75 Å². The van der Waals surface area contributed by atoms with Gasteiger partial charge in [-0.15, -0.1) is 0 Å². The molecule has 0 atom stereocenters. The Morgan fingerprint density at radius 3 is 2.75 bits per heavy atom. The maximum atomic E-state index is 5.67. The fraction of sp³-hybridized carbons (Fsp3) is 0.286. The second-order valence-corrected chi connectivity index (χ2v) is 6.37. The van der Waals surface area contributed by atoms with Crippen molar-refractivity contribution in [3.05, 3.63) is 65.4 Å². The lowest BCUT2D eigenvalue weighted by atomic mass is 10.0. The molecule has 0 saturated carbocycles. The number of rotatable bonds is 4. The van der Waals surface area contributed by atoms with Crippen molar-refractivity contribution < 1.29 is 9.31 Å². The van der Waals surface area contributed by atoms with Crippen molar-refractivity contribution in [3.63, 3.8) is 0 Å². The molecule has 0 amide bonds. The first-order valence-corrected chi connectivity index (χ1v) is 8.63. The van der Waals surface area contributed by atoms with Gasteiger partial charge >= 0.3 is 0 Å². The maximum Gasteiger partial charge on any atom is 0.187 e. The number of hydrogen-bond acceptors (Lipinski definition) is 1. The van der Waals surface area contributed by atoms with Crippen LogP contribution in [0.25, 0.3) is 10.9 Å². The van der Waals surface area contributed by atoms with Crippen molar-refractivity contribution >= 4 is 17.1 Å². The Hall–Kier alpha value is -2.55. The van der Waals surface area contributed by atoms with E-state index in [0.717, 1.165) is 25.3 Å². The fourth-order valence-corrected chi connectivity index (χ4v) is 3.63. The van der Waals surface area contributed by atoms with Gasteiger partial charge in [-0.1, -0.05) is 30.3 Å². The standard InChI is InChI=1S/C21H23N2O/c1-3-24-17-9-10-18-19-11-12-23(14-16-7-5-4-6-8-16)15-21(19)22(2)20(18)13-17/h4-10,13,15H,3,11-12,14H2,1-2H3/q+1. The normalized spacial score (nSPS) is 13.7. The summed E-state index contributed by atoms with van der Waals surface area (Å²) in [6.45, 7) is 4.75. The van der Waals surface area contributed by atoms with Crippen LogP contribution in [0, 0.1) is 0 Å². The van der Waals surface area contributed by atoms with Crippen LogP contribution in [-0.4, -0.2) is 28.5 Å². The van der Waals surface area contributed by atoms with Crippen molar-refractivity contribution in [2.45, 2.75) is 19.9 Å². The Labute approximate surface area is 142 Å². The Morgan fingerprint density at radius 2 is 1.96 bits per heavy atom. The summed E-state index contributed by atoms with van der Waals surface area (Å²) in [5.41, 5.74) is 5.39. The third-order valence-electron chi connectivity index (χ3n) is 4.82. The van der Waals surface area contributed by atoms with Crippen molar-refractivity contribution in [1.82, 2.24) is 4.57 Å². The van der Waals surface area contributed by atoms with Crippen LogP contribution in [0.3, 0.4) is 0 Å². The number of fused-ring (bicyclic) bond motifs is 3. The van der Waals surface area contributed by atoms with Crippen LogP contribution in [0.5, 0.6) is 5.75 Å². The molecule has 2 heterocycles. The molecule has 0 radical (unpaired) electrons. The molecule has 1 aliphatic rings. The van der Waals surface area contributed by atoms with Crippen molar-refractivity contribution in [1.29, 1.82) is 0 Å². The van der Waals surface area contributed by atoms with Gasteiger partial charge in [0.2, 0.25) is 0 Å². The number of hydrogen-bond donors (Lipinski definition) is 0. The molecule has 4 rings (SSSR count). The van der Waals surface area contributed by atoms with E-state index < -0.39 is 0 Å². The molecule has 2 aromatic carbocycles. The van der Waals surface area contributed by atoms with Gasteiger partial charge in [-0.25, -0.2) is 4.58 Å². The molecule has 3 nitrogen and oxygen atoms in total. The van der Waals surface area contributed by atoms with E-state index in [1.54, 1.807) is 0 Å². The average Bonchev–Trinajstić information content (AvgIpc) is 2.88. The molecule has 0 unspecified atom stereocenters. The van der Waals surface area contributed by atoms with E-state index in [9.17, 15) is 0 Å². The van der Waals surface area contributed by atoms with E-state index in [-0.39, 0.29) is 0 Å². The summed E-state index contributed by atoms with van der Waals surface area (Å²) in [6, 6.07) is 17.1. The molecule has 0 aliphatic carbocycles. The van der Waals surface area contributed by atoms with Crippen LogP contribution in [0.4, 0.5) is 0 Å². The Kier molecular flexibility index (Phi) is 3.85. The first kappa shape index (κ1) is 15.0. The summed E-state index contributed by atoms with van der Waals surface area (Å²) in [5.74, 6) is 0.948. The highest BCUT2D eigenvalue weighted by molar-refractivity contribution is 5.94. The van der Waals surface area contributed by atoms with E-state index >= 15 is 0 Å². The van der Waals surface area contributed by atoms with E-state index in [1.165, 1.54) is 27.7 Å². The first-order valence-electron chi connectivity index (χ1n) is 8.63. The van der Waals surface area contributed by atoms with Gasteiger partial charge < -0.3 is 9.30 Å². The number of aromatic nitrogens is 1. The average molecular weight is 319 g/mol. The SMILES string of the molecule is CCOc1ccc2c3c(n(C)c2c1)C=[N+](Cc1ccccc1)CC3. The Bertz CT molecular complexity index is 906. The zero-order chi connectivity index (χ0) is 16.5. The summed E-state index contributed by atoms with van der Waals surface area (Å²) >= 11 is 0. The molecule has 0 bridgehead atoms. The van der Waals surface area contributed by atoms with E-state index in [0.29, 0.717) is 6.61 Å². The molecule has 3 aromatic rings. The first-order chi connectivity index (χ1) is 11.8. The molecule has 122 valence electrons. The predicted octanol–water partition coefficient (Wildman–Crippen LogP) is 3.76. The zero-order valence-electron chi connectivity index (χ0n) is 14.3. The van der Waals surface area contributed by atoms with Crippen LogP contribution in [0.1, 0.15) is 23.7 Å². The van der Waals surface area contributed by atoms with Gasteiger partial charge in [0.25, 0.3) is 0 Å². The third-order valence-corrected chi connectivity index (χ3v) is 4.82. The number of ether oxygens (including phenoxy) is 1. The molecule has 0 N–H and O–H groups in total. The molecule has 0 spiro atoms. The van der Waals surface area contributed by atoms with Gasteiger partial charge in [0.05, 0.1) is 12.1 Å². The lowest BCUT2D eigenvalue weighted by Crippen LogP contribution is -2.23. The summed E-state index contributed by atoms with van der Waals surface area (Å²) in [4.78, 5) is 0. The van der Waals surface area contributed by atoms with Crippen LogP contribution in [-0.2, 0) is 20.0 Å². The maximum absolute atomic E-state index is 5.67. The van der Waals surface area contributed by atoms with Crippen LogP contribution >= 0.6 is 0 Å². The summed E-state index contributed by atoms with van der Waals surface area (Å²) in [5, 5.41) is 1.35. The molecular weight excluding hydrogens is 296 g/mol. The molecule has 1 aromatic heterocycles. The monoisotopic (exact) mass is 319 g/mol. The quantitative estimate of drug-likeness (QED) is 0.669. The van der Waals surface area contributed by atoms with E-state index in [1.807, 2.05) is 6.92 Å². The van der Waals surface area contributed by atoms with Crippen LogP contribution < -0.4 is 4.74 Å². The Morgan fingerprint density at radius 1 is 1.12 bits per heavy atom. The number of nitrogens with zero attached hydrogens (tertiary/aromatic N) is 2. The van der Waals surface area contributed by atoms with Crippen molar-refractivity contribution in [2.75, 3.05) is 13.2 Å². The van der Waals surface area contributed by atoms with Gasteiger partial charge in [0.15, 0.2) is 12.8 Å². The minimum atomic E-state index is 0.701. The Balaban J connectivity index is 1.73. The molecule has 3 heteroatoms. The third kappa shape index (κ3) is 2.60. The summed E-state index contributed by atoms with van der Waals surface area (Å²) < 4.78 is 10.4. The number of benzene rings is 2. The van der Waals surface area contributed by atoms with Gasteiger partial charge in [-0.3, -0.25) is 0 Å². The predicted molar refractivity (Wildman–Crippen MR) is 98.2 cm³/mol. The fourth-order valence-electron chi connectivity index (χ4n) is 3.63. The number of aryl methyl sites for hydroxylation is 1. The molecular formula is C21H23N2O+. The second-order valence-electron chi connectivity index (χ2n) is 6.37. The molecule has 24 heavy (non-hydrogen) atoms. The molecule has 0 fully saturated rings. The highest BCUT2D eigenvalue weighted by Crippen LogP contribution is 2.30. The molecule has 0 saturated heterocycles. The highest BCUT2D eigenvalue weighted by Gasteiger charge is 2.23. The summed E-state index contributed by atoms with van der Waals surface area (Å²) in [6.07, 6.45) is 3.40. The minimum Gasteiger partial charge on any atom is -0.494 e. The molecule has 1 aliphatic heterocycles. The van der Waals surface area contributed by atoms with Crippen LogP contribution in [0.15, 0.2) is 48.5 Å². The van der Waals surface area contributed by atoms with Crippen molar-refractivity contribution in [2.24, 2.45) is 7.05 Å². The second kappa shape index (κ2) is 6.16. The van der Waals surface area contributed by atoms with Crippen LogP contribution in [0.2, 0.25) is 0 Å². The van der Waals surface area contributed by atoms with E-state index in [2.05, 4.69) is 70.9 Å². The van der Waals surface area contributed by atoms with Gasteiger partial charge in [0.1, 0.15) is 18.0 Å². The van der Waals surface area contributed by atoms with E-state index in [4.69, 9.17) is 4.74 Å². The lowest BCUT2D eigenvalue weighted by molar-refractivity contribution is -0.540. The van der Waals surface area contributed by atoms with Gasteiger partial charge in [-0.05, 0) is 24.6 Å². The minimum absolute atomic E-state index is 0.701. The lowest BCUT2D eigenvalue weighted by Gasteiger charge is -2.11. The van der Waals surface area contributed by atoms with Gasteiger partial charge in [-0.2, -0.15) is 0 Å². The zero-order valence-corrected chi connectivity index (χ0v) is 14.3. The smallest absolute Gasteiger partial charge is 0.187 e. The highest BCUT2D eigenvalue weighted by atomic mass is 16.5. The topological polar surface area (TPSA) is 17.2 Å².